The molecule has 90 valence electrons. The van der Waals surface area contributed by atoms with Gasteiger partial charge in [0.2, 0.25) is 0 Å². The van der Waals surface area contributed by atoms with Gasteiger partial charge < -0.3 is 4.40 Å². The number of aryl methyl sites for hydroxylation is 2. The standard InChI is InChI=1S/C14H13N3S/c1-10-11(2)17-7-6-15-13(14(17)16-10)4-3-12-5-8-18-9-12/h3-9H,1-2H3/b4-3+. The molecule has 0 fully saturated rings. The zero-order chi connectivity index (χ0) is 12.5. The first-order chi connectivity index (χ1) is 8.75. The molecule has 4 heteroatoms. The summed E-state index contributed by atoms with van der Waals surface area (Å²) in [6, 6.07) is 2.09. The highest BCUT2D eigenvalue weighted by Gasteiger charge is 2.07. The second kappa shape index (κ2) is 4.38. The molecule has 0 atom stereocenters. The molecule has 0 aliphatic heterocycles. The van der Waals surface area contributed by atoms with Gasteiger partial charge in [0, 0.05) is 18.1 Å². The summed E-state index contributed by atoms with van der Waals surface area (Å²) < 4.78 is 2.08. The summed E-state index contributed by atoms with van der Waals surface area (Å²) in [5.74, 6) is 0. The molecular weight excluding hydrogens is 242 g/mol. The molecule has 0 saturated heterocycles. The molecular formula is C14H13N3S. The van der Waals surface area contributed by atoms with Crippen LogP contribution in [-0.4, -0.2) is 14.4 Å². The lowest BCUT2D eigenvalue weighted by molar-refractivity contribution is 1.06. The minimum absolute atomic E-state index is 0.903. The van der Waals surface area contributed by atoms with Gasteiger partial charge in [0.25, 0.3) is 0 Å². The fourth-order valence-electron chi connectivity index (χ4n) is 1.89. The van der Waals surface area contributed by atoms with E-state index in [9.17, 15) is 0 Å². The van der Waals surface area contributed by atoms with Gasteiger partial charge in [-0.05, 0) is 42.3 Å². The molecule has 3 rings (SSSR count). The molecule has 0 aromatic carbocycles. The molecule has 0 aliphatic carbocycles. The van der Waals surface area contributed by atoms with Crippen LogP contribution in [0.4, 0.5) is 0 Å². The second-order valence-electron chi connectivity index (χ2n) is 4.18. The van der Waals surface area contributed by atoms with E-state index in [1.807, 2.05) is 25.4 Å². The molecule has 18 heavy (non-hydrogen) atoms. The van der Waals surface area contributed by atoms with E-state index in [4.69, 9.17) is 0 Å². The number of fused-ring (bicyclic) bond motifs is 1. The summed E-state index contributed by atoms with van der Waals surface area (Å²) in [7, 11) is 0. The molecule has 0 spiro atoms. The van der Waals surface area contributed by atoms with E-state index in [0.29, 0.717) is 0 Å². The quantitative estimate of drug-likeness (QED) is 0.700. The average molecular weight is 255 g/mol. The molecule has 0 amide bonds. The van der Waals surface area contributed by atoms with E-state index in [0.717, 1.165) is 22.7 Å². The number of thiophene rings is 1. The predicted octanol–water partition coefficient (Wildman–Crippen LogP) is 3.58. The van der Waals surface area contributed by atoms with Crippen LogP contribution in [0.15, 0.2) is 29.2 Å². The van der Waals surface area contributed by atoms with Gasteiger partial charge in [-0.3, -0.25) is 4.98 Å². The minimum Gasteiger partial charge on any atom is -0.301 e. The number of imidazole rings is 1. The summed E-state index contributed by atoms with van der Waals surface area (Å²) in [4.78, 5) is 8.96. The van der Waals surface area contributed by atoms with Gasteiger partial charge >= 0.3 is 0 Å². The van der Waals surface area contributed by atoms with Crippen LogP contribution >= 0.6 is 11.3 Å². The molecule has 0 unspecified atom stereocenters. The topological polar surface area (TPSA) is 30.2 Å². The molecule has 0 radical (unpaired) electrons. The van der Waals surface area contributed by atoms with Crippen LogP contribution in [0.2, 0.25) is 0 Å². The van der Waals surface area contributed by atoms with E-state index in [1.54, 1.807) is 11.3 Å². The third-order valence-electron chi connectivity index (χ3n) is 3.02. The van der Waals surface area contributed by atoms with Crippen molar-refractivity contribution in [2.75, 3.05) is 0 Å². The summed E-state index contributed by atoms with van der Waals surface area (Å²) in [6.07, 6.45) is 7.85. The number of rotatable bonds is 2. The van der Waals surface area contributed by atoms with Crippen LogP contribution in [0, 0.1) is 13.8 Å². The smallest absolute Gasteiger partial charge is 0.163 e. The van der Waals surface area contributed by atoms with Gasteiger partial charge in [-0.1, -0.05) is 6.08 Å². The van der Waals surface area contributed by atoms with Crippen molar-refractivity contribution in [1.82, 2.24) is 14.4 Å². The highest BCUT2D eigenvalue weighted by molar-refractivity contribution is 7.08. The Bertz CT molecular complexity index is 708. The van der Waals surface area contributed by atoms with E-state index < -0.39 is 0 Å². The first-order valence-electron chi connectivity index (χ1n) is 5.76. The van der Waals surface area contributed by atoms with Gasteiger partial charge in [0.05, 0.1) is 5.69 Å². The Morgan fingerprint density at radius 3 is 2.94 bits per heavy atom. The molecule has 3 aromatic rings. The van der Waals surface area contributed by atoms with Crippen molar-refractivity contribution in [3.8, 4) is 0 Å². The van der Waals surface area contributed by atoms with Crippen LogP contribution in [-0.2, 0) is 0 Å². The summed E-state index contributed by atoms with van der Waals surface area (Å²) in [5.41, 5.74) is 5.23. The molecule has 3 heterocycles. The maximum absolute atomic E-state index is 4.56. The highest BCUT2D eigenvalue weighted by atomic mass is 32.1. The second-order valence-corrected chi connectivity index (χ2v) is 4.96. The lowest BCUT2D eigenvalue weighted by Crippen LogP contribution is -1.92. The lowest BCUT2D eigenvalue weighted by Gasteiger charge is -1.98. The fourth-order valence-corrected chi connectivity index (χ4v) is 2.52. The van der Waals surface area contributed by atoms with E-state index in [1.165, 1.54) is 5.56 Å². The molecule has 3 aromatic heterocycles. The van der Waals surface area contributed by atoms with Crippen molar-refractivity contribution < 1.29 is 0 Å². The number of nitrogens with zero attached hydrogens (tertiary/aromatic N) is 3. The Kier molecular flexibility index (Phi) is 2.72. The van der Waals surface area contributed by atoms with Crippen LogP contribution in [0.25, 0.3) is 17.8 Å². The van der Waals surface area contributed by atoms with Crippen molar-refractivity contribution >= 4 is 29.1 Å². The third-order valence-corrected chi connectivity index (χ3v) is 3.72. The first-order valence-corrected chi connectivity index (χ1v) is 6.70. The summed E-state index contributed by atoms with van der Waals surface area (Å²) in [6.45, 7) is 4.09. The zero-order valence-corrected chi connectivity index (χ0v) is 11.1. The van der Waals surface area contributed by atoms with Crippen molar-refractivity contribution in [1.29, 1.82) is 0 Å². The Morgan fingerprint density at radius 2 is 2.17 bits per heavy atom. The van der Waals surface area contributed by atoms with Crippen molar-refractivity contribution in [3.63, 3.8) is 0 Å². The van der Waals surface area contributed by atoms with Crippen molar-refractivity contribution in [2.45, 2.75) is 13.8 Å². The zero-order valence-electron chi connectivity index (χ0n) is 10.3. The Labute approximate surface area is 109 Å². The van der Waals surface area contributed by atoms with Crippen LogP contribution in [0.5, 0.6) is 0 Å². The predicted molar refractivity (Wildman–Crippen MR) is 75.7 cm³/mol. The average Bonchev–Trinajstić information content (AvgIpc) is 2.98. The minimum atomic E-state index is 0.903. The van der Waals surface area contributed by atoms with Gasteiger partial charge in [0.15, 0.2) is 5.65 Å². The first kappa shape index (κ1) is 11.2. The maximum atomic E-state index is 4.56. The van der Waals surface area contributed by atoms with Crippen LogP contribution < -0.4 is 0 Å². The third kappa shape index (κ3) is 1.84. The lowest BCUT2D eigenvalue weighted by atomic mass is 10.3. The molecule has 0 N–H and O–H groups in total. The largest absolute Gasteiger partial charge is 0.301 e. The molecule has 0 aliphatic rings. The van der Waals surface area contributed by atoms with Crippen LogP contribution in [0.3, 0.4) is 0 Å². The van der Waals surface area contributed by atoms with E-state index in [-0.39, 0.29) is 0 Å². The number of aromatic nitrogens is 3. The molecule has 0 bridgehead atoms. The van der Waals surface area contributed by atoms with Crippen LogP contribution in [0.1, 0.15) is 22.6 Å². The number of hydrogen-bond donors (Lipinski definition) is 0. The van der Waals surface area contributed by atoms with Crippen molar-refractivity contribution in [2.24, 2.45) is 0 Å². The Morgan fingerprint density at radius 1 is 1.28 bits per heavy atom. The monoisotopic (exact) mass is 255 g/mol. The summed E-state index contributed by atoms with van der Waals surface area (Å²) in [5, 5.41) is 4.18. The SMILES string of the molecule is Cc1nc2c(/C=C/c3ccsc3)nccn2c1C. The van der Waals surface area contributed by atoms with E-state index >= 15 is 0 Å². The van der Waals surface area contributed by atoms with Gasteiger partial charge in [-0.25, -0.2) is 4.98 Å². The highest BCUT2D eigenvalue weighted by Crippen LogP contribution is 2.16. The Hall–Kier alpha value is -1.94. The van der Waals surface area contributed by atoms with Gasteiger partial charge in [0.1, 0.15) is 5.69 Å². The molecule has 3 nitrogen and oxygen atoms in total. The molecule has 0 saturated carbocycles. The summed E-state index contributed by atoms with van der Waals surface area (Å²) >= 11 is 1.69. The maximum Gasteiger partial charge on any atom is 0.163 e. The number of hydrogen-bond acceptors (Lipinski definition) is 3. The van der Waals surface area contributed by atoms with E-state index in [2.05, 4.69) is 44.2 Å². The Balaban J connectivity index is 2.10. The van der Waals surface area contributed by atoms with Gasteiger partial charge in [-0.2, -0.15) is 11.3 Å². The van der Waals surface area contributed by atoms with Gasteiger partial charge in [-0.15, -0.1) is 0 Å². The van der Waals surface area contributed by atoms with Crippen molar-refractivity contribution in [3.05, 3.63) is 51.9 Å². The normalized spacial score (nSPS) is 11.7. The fraction of sp³-hybridized carbons (Fsp3) is 0.143.